The Morgan fingerprint density at radius 1 is 0.717 bits per heavy atom. The van der Waals surface area contributed by atoms with E-state index in [4.69, 9.17) is 19.3 Å². The first-order valence-electron chi connectivity index (χ1n) is 15.7. The van der Waals surface area contributed by atoms with Crippen LogP contribution in [0.3, 0.4) is 0 Å². The van der Waals surface area contributed by atoms with Gasteiger partial charge in [-0.1, -0.05) is 15.9 Å². The van der Waals surface area contributed by atoms with Gasteiger partial charge < -0.3 is 30.0 Å². The molecular formula is C34H51BrF2N4O10S2. The molecule has 0 heterocycles. The van der Waals surface area contributed by atoms with Crippen LogP contribution < -0.4 is 15.4 Å². The van der Waals surface area contributed by atoms with Gasteiger partial charge in [0.1, 0.15) is 29.3 Å². The number of hydrogen-bond donors (Lipinski definition) is 3. The van der Waals surface area contributed by atoms with Crippen molar-refractivity contribution in [1.82, 2.24) is 19.2 Å². The fraction of sp³-hybridized carbons (Fsp3) is 0.471. The van der Waals surface area contributed by atoms with Crippen LogP contribution in [0.1, 0.15) is 41.5 Å². The monoisotopic (exact) mass is 856 g/mol. The highest BCUT2D eigenvalue weighted by Crippen LogP contribution is 2.19. The number of rotatable bonds is 12. The number of aromatic hydroxyl groups is 1. The number of carbonyl (C=O) groups excluding carboxylic acids is 2. The second-order valence-electron chi connectivity index (χ2n) is 13.2. The second kappa shape index (κ2) is 22.4. The van der Waals surface area contributed by atoms with Crippen LogP contribution >= 0.6 is 15.9 Å². The molecule has 0 aliphatic carbocycles. The third kappa shape index (κ3) is 20.3. The number of phenolic OH excluding ortho intramolecular Hbond substituents is 1. The SMILES string of the molecule is CC(C)(C)OC(=O)NC/C(=C/F)CBr.CN(C)S(=O)(=O)c1ccc(O)cc1.CN(C)S(=O)(=O)c1ccc(OC/C(=C\F)CNC(=O)OC(C)(C)C)cc1. The zero-order valence-corrected chi connectivity index (χ0v) is 34.8. The number of ether oxygens (including phenoxy) is 3. The van der Waals surface area contributed by atoms with Crippen LogP contribution in [-0.2, 0) is 29.5 Å². The minimum Gasteiger partial charge on any atom is -0.508 e. The maximum Gasteiger partial charge on any atom is 0.407 e. The van der Waals surface area contributed by atoms with E-state index in [0.717, 1.165) is 8.61 Å². The Hall–Kier alpha value is -3.78. The van der Waals surface area contributed by atoms with Crippen LogP contribution in [0.4, 0.5) is 18.4 Å². The van der Waals surface area contributed by atoms with Crippen LogP contribution in [0, 0.1) is 0 Å². The number of amides is 2. The third-order valence-electron chi connectivity index (χ3n) is 5.84. The molecule has 0 saturated carbocycles. The number of benzene rings is 2. The predicted octanol–water partition coefficient (Wildman–Crippen LogP) is 6.10. The van der Waals surface area contributed by atoms with E-state index in [1.807, 2.05) is 0 Å². The standard InChI is InChI=1S/C17H25FN2O5S.C9H15BrFNO2.C8H11NO3S/c1-17(2,3)25-16(21)19-11-13(10-18)12-24-14-6-8-15(9-7-14)26(22,23)20(4)5;1-9(2,3)14-8(13)12-6-7(4-10)5-11;1-9(2)13(11,12)8-5-3-7(10)4-6-8/h6-10H,11-12H2,1-5H3,(H,19,21);5H,4,6H2,1-3H3,(H,12,13);3-6,10H,1-2H3/b13-10-;7-5+;. The highest BCUT2D eigenvalue weighted by molar-refractivity contribution is 9.09. The van der Waals surface area contributed by atoms with Crippen molar-refractivity contribution in [2.45, 2.75) is 62.5 Å². The van der Waals surface area contributed by atoms with E-state index in [2.05, 4.69) is 26.6 Å². The molecule has 3 N–H and O–H groups in total. The zero-order chi connectivity index (χ0) is 41.2. The molecule has 2 aromatic carbocycles. The van der Waals surface area contributed by atoms with Crippen molar-refractivity contribution in [1.29, 1.82) is 0 Å². The van der Waals surface area contributed by atoms with E-state index in [1.165, 1.54) is 76.7 Å². The number of nitrogens with zero attached hydrogens (tertiary/aromatic N) is 2. The van der Waals surface area contributed by atoms with Gasteiger partial charge in [-0.25, -0.2) is 43.8 Å². The Morgan fingerprint density at radius 3 is 1.40 bits per heavy atom. The van der Waals surface area contributed by atoms with Gasteiger partial charge in [0.2, 0.25) is 20.0 Å². The summed E-state index contributed by atoms with van der Waals surface area (Å²) >= 11 is 3.09. The molecule has 0 radical (unpaired) electrons. The van der Waals surface area contributed by atoms with Crippen molar-refractivity contribution in [3.05, 3.63) is 72.3 Å². The summed E-state index contributed by atoms with van der Waals surface area (Å²) in [6, 6.07) is 11.2. The lowest BCUT2D eigenvalue weighted by Crippen LogP contribution is -2.34. The molecule has 2 aromatic rings. The largest absolute Gasteiger partial charge is 0.508 e. The Balaban J connectivity index is 0.000000843. The van der Waals surface area contributed by atoms with Gasteiger partial charge >= 0.3 is 12.2 Å². The number of alkyl carbamates (subject to hydrolysis) is 2. The molecule has 0 saturated heterocycles. The van der Waals surface area contributed by atoms with Crippen molar-refractivity contribution < 1.29 is 54.5 Å². The Labute approximate surface area is 320 Å². The van der Waals surface area contributed by atoms with Crippen LogP contribution in [-0.4, -0.2) is 107 Å². The van der Waals surface area contributed by atoms with E-state index in [1.54, 1.807) is 41.5 Å². The molecule has 300 valence electrons. The molecule has 0 aliphatic heterocycles. The van der Waals surface area contributed by atoms with Gasteiger partial charge in [0.25, 0.3) is 0 Å². The minimum atomic E-state index is -3.52. The molecule has 0 spiro atoms. The summed E-state index contributed by atoms with van der Waals surface area (Å²) in [7, 11) is -1.09. The van der Waals surface area contributed by atoms with E-state index >= 15 is 0 Å². The zero-order valence-electron chi connectivity index (χ0n) is 31.6. The van der Waals surface area contributed by atoms with Gasteiger partial charge in [-0.05, 0) is 95.6 Å². The number of sulfonamides is 2. The average molecular weight is 858 g/mol. The minimum absolute atomic E-state index is 0.0534. The molecule has 0 aliphatic rings. The smallest absolute Gasteiger partial charge is 0.407 e. The highest BCUT2D eigenvalue weighted by Gasteiger charge is 2.19. The molecule has 2 rings (SSSR count). The average Bonchev–Trinajstić information content (AvgIpc) is 3.04. The van der Waals surface area contributed by atoms with Crippen molar-refractivity contribution >= 4 is 48.2 Å². The number of hydrogen-bond acceptors (Lipinski definition) is 10. The van der Waals surface area contributed by atoms with Gasteiger partial charge in [0.05, 0.1) is 22.5 Å². The first-order chi connectivity index (χ1) is 24.3. The highest BCUT2D eigenvalue weighted by atomic mass is 79.9. The van der Waals surface area contributed by atoms with Crippen molar-refractivity contribution in [2.24, 2.45) is 0 Å². The topological polar surface area (TPSA) is 181 Å². The number of alkyl halides is 1. The van der Waals surface area contributed by atoms with Gasteiger partial charge in [0, 0.05) is 52.2 Å². The number of carbonyl (C=O) groups is 2. The summed E-state index contributed by atoms with van der Waals surface area (Å²) in [6.45, 7) is 10.4. The fourth-order valence-electron chi connectivity index (χ4n) is 3.16. The number of nitrogens with one attached hydrogen (secondary N) is 2. The van der Waals surface area contributed by atoms with E-state index in [0.29, 0.717) is 29.3 Å². The van der Waals surface area contributed by atoms with E-state index in [-0.39, 0.29) is 40.8 Å². The molecule has 0 unspecified atom stereocenters. The van der Waals surface area contributed by atoms with Gasteiger partial charge in [0.15, 0.2) is 0 Å². The fourth-order valence-corrected chi connectivity index (χ4v) is 5.28. The summed E-state index contributed by atoms with van der Waals surface area (Å²) in [5, 5.41) is 14.2. The van der Waals surface area contributed by atoms with Crippen LogP contribution in [0.5, 0.6) is 11.5 Å². The lowest BCUT2D eigenvalue weighted by atomic mass is 10.2. The summed E-state index contributed by atoms with van der Waals surface area (Å²) in [5.41, 5.74) is -0.524. The van der Waals surface area contributed by atoms with Crippen LogP contribution in [0.25, 0.3) is 0 Å². The first-order valence-corrected chi connectivity index (χ1v) is 19.7. The summed E-state index contributed by atoms with van der Waals surface area (Å²) < 4.78 is 89.6. The molecular weight excluding hydrogens is 806 g/mol. The summed E-state index contributed by atoms with van der Waals surface area (Å²) in [4.78, 5) is 23.0. The maximum atomic E-state index is 12.9. The lowest BCUT2D eigenvalue weighted by Gasteiger charge is -2.20. The maximum absolute atomic E-state index is 12.9. The van der Waals surface area contributed by atoms with Gasteiger partial charge in [-0.15, -0.1) is 0 Å². The number of phenols is 1. The molecule has 14 nitrogen and oxygen atoms in total. The van der Waals surface area contributed by atoms with Crippen LogP contribution in [0.15, 0.2) is 82.1 Å². The molecule has 2 amide bonds. The van der Waals surface area contributed by atoms with Gasteiger partial charge in [-0.2, -0.15) is 0 Å². The Bertz CT molecular complexity index is 1720. The molecule has 53 heavy (non-hydrogen) atoms. The predicted molar refractivity (Wildman–Crippen MR) is 202 cm³/mol. The van der Waals surface area contributed by atoms with Crippen molar-refractivity contribution in [3.8, 4) is 11.5 Å². The molecule has 0 fully saturated rings. The molecule has 19 heteroatoms. The summed E-state index contributed by atoms with van der Waals surface area (Å²) in [5.74, 6) is 0.428. The first kappa shape index (κ1) is 49.2. The number of halogens is 3. The summed E-state index contributed by atoms with van der Waals surface area (Å²) in [6.07, 6.45) is -0.387. The third-order valence-corrected chi connectivity index (χ3v) is 10.2. The van der Waals surface area contributed by atoms with Crippen LogP contribution in [0.2, 0.25) is 0 Å². The lowest BCUT2D eigenvalue weighted by molar-refractivity contribution is 0.0520. The Morgan fingerprint density at radius 2 is 1.08 bits per heavy atom. The van der Waals surface area contributed by atoms with E-state index < -0.39 is 43.4 Å². The van der Waals surface area contributed by atoms with Crippen molar-refractivity contribution in [3.63, 3.8) is 0 Å². The van der Waals surface area contributed by atoms with Crippen molar-refractivity contribution in [2.75, 3.05) is 53.2 Å². The van der Waals surface area contributed by atoms with Gasteiger partial charge in [-0.3, -0.25) is 0 Å². The molecule has 0 atom stereocenters. The van der Waals surface area contributed by atoms with E-state index in [9.17, 15) is 35.2 Å². The Kier molecular flexibility index (Phi) is 20.8. The normalized spacial score (nSPS) is 12.5. The second-order valence-corrected chi connectivity index (χ2v) is 18.1. The quantitative estimate of drug-likeness (QED) is 0.211. The molecule has 0 aromatic heterocycles. The molecule has 0 bridgehead atoms.